The van der Waals surface area contributed by atoms with E-state index < -0.39 is 62.2 Å². The molecule has 1 saturated heterocycles. The van der Waals surface area contributed by atoms with E-state index in [0.717, 1.165) is 0 Å². The first-order chi connectivity index (χ1) is 10.4. The third-order valence-corrected chi connectivity index (χ3v) is 3.86. The molecule has 0 amide bonds. The molecule has 2 aliphatic rings. The van der Waals surface area contributed by atoms with Gasteiger partial charge in [-0.25, -0.2) is 0 Å². The van der Waals surface area contributed by atoms with Crippen molar-refractivity contribution >= 4 is 0 Å². The predicted molar refractivity (Wildman–Crippen MR) is 70.1 cm³/mol. The normalized spacial score (nSPS) is 46.4. The topological polar surface area (TPSA) is 160 Å². The number of aliphatic hydroxyl groups excluding tert-OH is 7. The van der Waals surface area contributed by atoms with Crippen molar-refractivity contribution < 1.29 is 45.2 Å². The Morgan fingerprint density at radius 3 is 2.23 bits per heavy atom. The molecular formula is C13H21O9. The summed E-state index contributed by atoms with van der Waals surface area (Å²) in [7, 11) is 0. The Balaban J connectivity index is 2.05. The average molecular weight is 321 g/mol. The highest BCUT2D eigenvalue weighted by Crippen LogP contribution is 2.27. The van der Waals surface area contributed by atoms with Crippen molar-refractivity contribution in [1.29, 1.82) is 0 Å². The molecule has 9 nitrogen and oxygen atoms in total. The van der Waals surface area contributed by atoms with E-state index in [2.05, 4.69) is 0 Å². The molecule has 8 atom stereocenters. The van der Waals surface area contributed by atoms with E-state index in [4.69, 9.17) is 19.7 Å². The molecule has 1 aliphatic carbocycles. The second-order valence-electron chi connectivity index (χ2n) is 5.33. The Hall–Kier alpha value is -0.620. The van der Waals surface area contributed by atoms with Gasteiger partial charge in [0.1, 0.15) is 36.6 Å². The molecule has 3 unspecified atom stereocenters. The summed E-state index contributed by atoms with van der Waals surface area (Å²) in [5.41, 5.74) is 0.209. The fourth-order valence-electron chi connectivity index (χ4n) is 2.44. The van der Waals surface area contributed by atoms with Crippen LogP contribution in [0.25, 0.3) is 0 Å². The zero-order valence-electron chi connectivity index (χ0n) is 11.6. The van der Waals surface area contributed by atoms with Crippen molar-refractivity contribution in [3.05, 3.63) is 18.1 Å². The molecule has 0 saturated carbocycles. The number of aliphatic hydroxyl groups is 7. The number of rotatable bonds is 4. The fourth-order valence-corrected chi connectivity index (χ4v) is 2.44. The van der Waals surface area contributed by atoms with Gasteiger partial charge in [0, 0.05) is 6.42 Å². The standard InChI is InChI=1S/C13H21O9/c14-3-5-1-2-6(9(17)8(5)16)21-13-12(20)11(19)10(18)7(4-15)22-13/h1-2,6-20H,3-4H2/t6?,7-,8?,9?,10-,11+,12-,13+/m1/s1. The summed E-state index contributed by atoms with van der Waals surface area (Å²) in [4.78, 5) is 0. The molecule has 1 fully saturated rings. The average Bonchev–Trinajstić information content (AvgIpc) is 2.52. The molecule has 22 heavy (non-hydrogen) atoms. The minimum atomic E-state index is -1.60. The van der Waals surface area contributed by atoms with Crippen LogP contribution in [0.15, 0.2) is 11.6 Å². The predicted octanol–water partition coefficient (Wildman–Crippen LogP) is -3.97. The highest BCUT2D eigenvalue weighted by atomic mass is 16.7. The lowest BCUT2D eigenvalue weighted by Gasteiger charge is -2.42. The van der Waals surface area contributed by atoms with Crippen LogP contribution < -0.4 is 0 Å². The molecule has 1 heterocycles. The summed E-state index contributed by atoms with van der Waals surface area (Å²) in [6.07, 6.45) is -8.30. The summed E-state index contributed by atoms with van der Waals surface area (Å²) in [6.45, 7) is -1.03. The molecule has 2 rings (SSSR count). The molecule has 0 bridgehead atoms. The van der Waals surface area contributed by atoms with Gasteiger partial charge < -0.3 is 45.2 Å². The van der Waals surface area contributed by atoms with Gasteiger partial charge in [0.05, 0.1) is 19.3 Å². The van der Waals surface area contributed by atoms with Crippen LogP contribution in [0.1, 0.15) is 0 Å². The van der Waals surface area contributed by atoms with E-state index in [-0.39, 0.29) is 5.57 Å². The summed E-state index contributed by atoms with van der Waals surface area (Å²) >= 11 is 0. The van der Waals surface area contributed by atoms with E-state index >= 15 is 0 Å². The zero-order valence-corrected chi connectivity index (χ0v) is 11.6. The van der Waals surface area contributed by atoms with Crippen LogP contribution in [0.3, 0.4) is 0 Å². The van der Waals surface area contributed by atoms with Crippen LogP contribution in [0.4, 0.5) is 0 Å². The Morgan fingerprint density at radius 2 is 1.64 bits per heavy atom. The largest absolute Gasteiger partial charge is 0.394 e. The van der Waals surface area contributed by atoms with E-state index in [1.807, 2.05) is 0 Å². The number of ether oxygens (including phenoxy) is 2. The maximum atomic E-state index is 9.94. The quantitative estimate of drug-likeness (QED) is 0.274. The van der Waals surface area contributed by atoms with Gasteiger partial charge in [0.15, 0.2) is 6.29 Å². The Kier molecular flexibility index (Phi) is 5.88. The van der Waals surface area contributed by atoms with Crippen molar-refractivity contribution in [3.63, 3.8) is 0 Å². The molecule has 0 aromatic carbocycles. The van der Waals surface area contributed by atoms with Crippen LogP contribution in [0.2, 0.25) is 0 Å². The van der Waals surface area contributed by atoms with Crippen molar-refractivity contribution in [2.75, 3.05) is 13.2 Å². The van der Waals surface area contributed by atoms with Crippen LogP contribution in [0, 0.1) is 6.42 Å². The number of hydrogen-bond donors (Lipinski definition) is 7. The third-order valence-electron chi connectivity index (χ3n) is 3.86. The lowest BCUT2D eigenvalue weighted by atomic mass is 9.91. The molecular weight excluding hydrogens is 300 g/mol. The summed E-state index contributed by atoms with van der Waals surface area (Å²) in [5.74, 6) is 0. The van der Waals surface area contributed by atoms with Gasteiger partial charge in [0.25, 0.3) is 0 Å². The van der Waals surface area contributed by atoms with E-state index in [0.29, 0.717) is 0 Å². The highest BCUT2D eigenvalue weighted by Gasteiger charge is 2.46. The first-order valence-corrected chi connectivity index (χ1v) is 6.87. The monoisotopic (exact) mass is 321 g/mol. The summed E-state index contributed by atoms with van der Waals surface area (Å²) in [5, 5.41) is 67.0. The summed E-state index contributed by atoms with van der Waals surface area (Å²) < 4.78 is 10.5. The van der Waals surface area contributed by atoms with Crippen LogP contribution in [-0.2, 0) is 9.47 Å². The molecule has 9 heteroatoms. The van der Waals surface area contributed by atoms with E-state index in [9.17, 15) is 25.5 Å². The fraction of sp³-hybridized carbons (Fsp3) is 0.769. The van der Waals surface area contributed by atoms with Crippen LogP contribution in [-0.4, -0.2) is 98.0 Å². The SMILES string of the molecule is OCC1=C[CH]C(O[C@H]2O[C@H](CO)[C@@H](O)[C@H](O)[C@H]2O)C(O)C1O. The second kappa shape index (κ2) is 7.30. The molecule has 127 valence electrons. The minimum Gasteiger partial charge on any atom is -0.394 e. The van der Waals surface area contributed by atoms with Crippen molar-refractivity contribution in [3.8, 4) is 0 Å². The maximum absolute atomic E-state index is 9.94. The van der Waals surface area contributed by atoms with Crippen LogP contribution in [0.5, 0.6) is 0 Å². The second-order valence-corrected chi connectivity index (χ2v) is 5.33. The minimum absolute atomic E-state index is 0.209. The van der Waals surface area contributed by atoms with E-state index in [1.54, 1.807) is 0 Å². The molecule has 0 aromatic heterocycles. The highest BCUT2D eigenvalue weighted by molar-refractivity contribution is 5.23. The Morgan fingerprint density at radius 1 is 0.955 bits per heavy atom. The van der Waals surface area contributed by atoms with Crippen molar-refractivity contribution in [2.45, 2.75) is 49.0 Å². The smallest absolute Gasteiger partial charge is 0.187 e. The van der Waals surface area contributed by atoms with Gasteiger partial charge in [-0.3, -0.25) is 0 Å². The van der Waals surface area contributed by atoms with Gasteiger partial charge in [0.2, 0.25) is 0 Å². The Labute approximate surface area is 126 Å². The summed E-state index contributed by atoms with van der Waals surface area (Å²) in [6, 6.07) is 0. The molecule has 7 N–H and O–H groups in total. The zero-order chi connectivity index (χ0) is 16.4. The van der Waals surface area contributed by atoms with Crippen molar-refractivity contribution in [2.24, 2.45) is 0 Å². The van der Waals surface area contributed by atoms with Gasteiger partial charge in [-0.1, -0.05) is 6.08 Å². The van der Waals surface area contributed by atoms with Crippen molar-refractivity contribution in [1.82, 2.24) is 0 Å². The van der Waals surface area contributed by atoms with Crippen LogP contribution >= 0.6 is 0 Å². The third kappa shape index (κ3) is 3.32. The Bertz CT molecular complexity index is 399. The molecule has 1 aliphatic heterocycles. The van der Waals surface area contributed by atoms with E-state index in [1.165, 1.54) is 12.5 Å². The first-order valence-electron chi connectivity index (χ1n) is 6.87. The van der Waals surface area contributed by atoms with Gasteiger partial charge in [-0.15, -0.1) is 0 Å². The van der Waals surface area contributed by atoms with Gasteiger partial charge in [-0.05, 0) is 5.57 Å². The maximum Gasteiger partial charge on any atom is 0.187 e. The molecule has 1 radical (unpaired) electrons. The lowest BCUT2D eigenvalue weighted by molar-refractivity contribution is -0.315. The molecule has 0 aromatic rings. The molecule has 0 spiro atoms. The number of hydrogen-bond acceptors (Lipinski definition) is 9. The van der Waals surface area contributed by atoms with Gasteiger partial charge in [-0.2, -0.15) is 0 Å². The first kappa shape index (κ1) is 17.7. The lowest BCUT2D eigenvalue weighted by Crippen LogP contribution is -2.60. The van der Waals surface area contributed by atoms with Gasteiger partial charge >= 0.3 is 0 Å².